The van der Waals surface area contributed by atoms with Gasteiger partial charge in [0.15, 0.2) is 5.65 Å². The van der Waals surface area contributed by atoms with Crippen molar-refractivity contribution in [3.8, 4) is 11.3 Å². The third-order valence-electron chi connectivity index (χ3n) is 6.11. The second-order valence-electron chi connectivity index (χ2n) is 7.79. The molecule has 0 saturated heterocycles. The SMILES string of the molecule is Cc1nc2cnccn2c1-c1ccnc(C2CCCCC3CC3C2)c1. The molecule has 5 rings (SSSR count). The normalized spacial score (nSPS) is 26.0. The van der Waals surface area contributed by atoms with E-state index in [0.29, 0.717) is 5.92 Å². The second kappa shape index (κ2) is 5.94. The van der Waals surface area contributed by atoms with E-state index in [-0.39, 0.29) is 0 Å². The zero-order chi connectivity index (χ0) is 16.8. The van der Waals surface area contributed by atoms with Crippen molar-refractivity contribution >= 4 is 5.65 Å². The van der Waals surface area contributed by atoms with Crippen LogP contribution in [-0.2, 0) is 0 Å². The Labute approximate surface area is 148 Å². The topological polar surface area (TPSA) is 43.1 Å². The molecule has 3 unspecified atom stereocenters. The van der Waals surface area contributed by atoms with Crippen molar-refractivity contribution in [2.45, 2.75) is 51.4 Å². The molecule has 128 valence electrons. The van der Waals surface area contributed by atoms with E-state index in [9.17, 15) is 0 Å². The van der Waals surface area contributed by atoms with Crippen LogP contribution in [0.3, 0.4) is 0 Å². The lowest BCUT2D eigenvalue weighted by Crippen LogP contribution is -2.06. The van der Waals surface area contributed by atoms with Crippen LogP contribution in [-0.4, -0.2) is 19.4 Å². The summed E-state index contributed by atoms with van der Waals surface area (Å²) in [6.07, 6.45) is 15.9. The van der Waals surface area contributed by atoms with Crippen molar-refractivity contribution < 1.29 is 0 Å². The third-order valence-corrected chi connectivity index (χ3v) is 6.11. The lowest BCUT2D eigenvalue weighted by Gasteiger charge is -2.19. The summed E-state index contributed by atoms with van der Waals surface area (Å²) in [6.45, 7) is 2.08. The summed E-state index contributed by atoms with van der Waals surface area (Å²) in [5, 5.41) is 0. The van der Waals surface area contributed by atoms with E-state index in [1.165, 1.54) is 49.8 Å². The first-order valence-electron chi connectivity index (χ1n) is 9.54. The van der Waals surface area contributed by atoms with Gasteiger partial charge in [0.25, 0.3) is 0 Å². The van der Waals surface area contributed by atoms with Crippen molar-refractivity contribution in [3.63, 3.8) is 0 Å². The number of aryl methyl sites for hydroxylation is 1. The van der Waals surface area contributed by atoms with E-state index in [2.05, 4.69) is 33.4 Å². The molecule has 0 aromatic carbocycles. The fourth-order valence-corrected chi connectivity index (χ4v) is 4.69. The molecule has 4 nitrogen and oxygen atoms in total. The summed E-state index contributed by atoms with van der Waals surface area (Å²) in [4.78, 5) is 13.6. The maximum Gasteiger partial charge on any atom is 0.156 e. The number of nitrogens with zero attached hydrogens (tertiary/aromatic N) is 4. The monoisotopic (exact) mass is 332 g/mol. The molecule has 0 bridgehead atoms. The van der Waals surface area contributed by atoms with Gasteiger partial charge in [0.05, 0.1) is 17.6 Å². The molecule has 2 saturated carbocycles. The fourth-order valence-electron chi connectivity index (χ4n) is 4.69. The summed E-state index contributed by atoms with van der Waals surface area (Å²) >= 11 is 0. The molecule has 3 atom stereocenters. The quantitative estimate of drug-likeness (QED) is 0.678. The van der Waals surface area contributed by atoms with Crippen LogP contribution in [0, 0.1) is 18.8 Å². The highest BCUT2D eigenvalue weighted by molar-refractivity contribution is 5.66. The number of fused-ring (bicyclic) bond motifs is 2. The minimum Gasteiger partial charge on any atom is -0.297 e. The van der Waals surface area contributed by atoms with E-state index >= 15 is 0 Å². The van der Waals surface area contributed by atoms with Crippen LogP contribution in [0.4, 0.5) is 0 Å². The maximum atomic E-state index is 4.77. The molecular weight excluding hydrogens is 308 g/mol. The minimum atomic E-state index is 0.622. The Bertz CT molecular complexity index is 913. The Balaban J connectivity index is 1.53. The highest BCUT2D eigenvalue weighted by Gasteiger charge is 2.39. The van der Waals surface area contributed by atoms with Crippen LogP contribution in [0.2, 0.25) is 0 Å². The van der Waals surface area contributed by atoms with Gasteiger partial charge in [-0.05, 0) is 50.2 Å². The lowest BCUT2D eigenvalue weighted by molar-refractivity contribution is 0.434. The zero-order valence-electron chi connectivity index (χ0n) is 14.7. The standard InChI is InChI=1S/C21H24N4/c1-14-21(25-9-8-22-13-20(25)24-14)17-6-7-23-19(12-17)16-5-3-2-4-15-10-18(15)11-16/h6-9,12-13,15-16,18H,2-5,10-11H2,1H3. The highest BCUT2D eigenvalue weighted by Crippen LogP contribution is 2.50. The van der Waals surface area contributed by atoms with Gasteiger partial charge in [-0.2, -0.15) is 0 Å². The first kappa shape index (κ1) is 15.1. The van der Waals surface area contributed by atoms with E-state index in [0.717, 1.165) is 28.9 Å². The lowest BCUT2D eigenvalue weighted by atomic mass is 9.88. The van der Waals surface area contributed by atoms with Gasteiger partial charge >= 0.3 is 0 Å². The maximum absolute atomic E-state index is 4.77. The van der Waals surface area contributed by atoms with Crippen molar-refractivity contribution in [2.24, 2.45) is 11.8 Å². The molecule has 3 aromatic heterocycles. The van der Waals surface area contributed by atoms with Gasteiger partial charge in [-0.1, -0.05) is 19.3 Å². The number of imidazole rings is 1. The van der Waals surface area contributed by atoms with Crippen LogP contribution in [0.15, 0.2) is 36.9 Å². The average Bonchev–Trinajstić information content (AvgIpc) is 3.23. The summed E-state index contributed by atoms with van der Waals surface area (Å²) in [5.74, 6) is 2.59. The summed E-state index contributed by atoms with van der Waals surface area (Å²) in [5.41, 5.74) is 5.60. The molecule has 0 amide bonds. The number of hydrogen-bond donors (Lipinski definition) is 0. The van der Waals surface area contributed by atoms with Gasteiger partial charge in [-0.25, -0.2) is 4.98 Å². The van der Waals surface area contributed by atoms with E-state index in [1.54, 1.807) is 0 Å². The largest absolute Gasteiger partial charge is 0.297 e. The Hall–Kier alpha value is -2.23. The molecule has 0 radical (unpaired) electrons. The van der Waals surface area contributed by atoms with Crippen LogP contribution < -0.4 is 0 Å². The van der Waals surface area contributed by atoms with Crippen LogP contribution in [0.5, 0.6) is 0 Å². The molecule has 0 N–H and O–H groups in total. The van der Waals surface area contributed by atoms with Crippen LogP contribution in [0.1, 0.15) is 55.8 Å². The molecular formula is C21H24N4. The highest BCUT2D eigenvalue weighted by atomic mass is 15.0. The molecule has 2 fully saturated rings. The Morgan fingerprint density at radius 2 is 2.00 bits per heavy atom. The number of pyridine rings is 1. The van der Waals surface area contributed by atoms with Gasteiger partial charge in [0.1, 0.15) is 0 Å². The molecule has 2 aliphatic rings. The first-order valence-corrected chi connectivity index (χ1v) is 9.54. The number of rotatable bonds is 2. The van der Waals surface area contributed by atoms with Crippen molar-refractivity contribution in [1.29, 1.82) is 0 Å². The van der Waals surface area contributed by atoms with Gasteiger partial charge in [0.2, 0.25) is 0 Å². The van der Waals surface area contributed by atoms with Gasteiger partial charge in [-0.3, -0.25) is 14.4 Å². The third kappa shape index (κ3) is 2.74. The Morgan fingerprint density at radius 1 is 1.08 bits per heavy atom. The summed E-state index contributed by atoms with van der Waals surface area (Å²) in [6, 6.07) is 4.42. The van der Waals surface area contributed by atoms with Crippen molar-refractivity contribution in [3.05, 3.63) is 48.3 Å². The molecule has 0 aliphatic heterocycles. The van der Waals surface area contributed by atoms with Gasteiger partial charge in [0, 0.05) is 35.8 Å². The van der Waals surface area contributed by atoms with Crippen molar-refractivity contribution in [1.82, 2.24) is 19.4 Å². The fraction of sp³-hybridized carbons (Fsp3) is 0.476. The van der Waals surface area contributed by atoms with Gasteiger partial charge in [-0.15, -0.1) is 0 Å². The zero-order valence-corrected chi connectivity index (χ0v) is 14.7. The molecule has 4 heteroatoms. The second-order valence-corrected chi connectivity index (χ2v) is 7.79. The smallest absolute Gasteiger partial charge is 0.156 e. The summed E-state index contributed by atoms with van der Waals surface area (Å²) < 4.78 is 2.14. The van der Waals surface area contributed by atoms with E-state index in [4.69, 9.17) is 4.98 Å². The first-order chi connectivity index (χ1) is 12.3. The molecule has 0 spiro atoms. The van der Waals surface area contributed by atoms with Crippen molar-refractivity contribution in [2.75, 3.05) is 0 Å². The van der Waals surface area contributed by atoms with Crippen LogP contribution in [0.25, 0.3) is 16.9 Å². The molecule has 2 aliphatic carbocycles. The minimum absolute atomic E-state index is 0.622. The molecule has 3 heterocycles. The van der Waals surface area contributed by atoms with E-state index in [1.807, 2.05) is 24.8 Å². The summed E-state index contributed by atoms with van der Waals surface area (Å²) in [7, 11) is 0. The Morgan fingerprint density at radius 3 is 2.96 bits per heavy atom. The Kier molecular flexibility index (Phi) is 3.58. The number of aromatic nitrogens is 4. The number of hydrogen-bond acceptors (Lipinski definition) is 3. The molecule has 3 aromatic rings. The van der Waals surface area contributed by atoms with E-state index < -0.39 is 0 Å². The van der Waals surface area contributed by atoms with Crippen LogP contribution >= 0.6 is 0 Å². The average molecular weight is 332 g/mol. The molecule has 25 heavy (non-hydrogen) atoms. The van der Waals surface area contributed by atoms with Gasteiger partial charge < -0.3 is 0 Å². The predicted octanol–water partition coefficient (Wildman–Crippen LogP) is 4.78. The predicted molar refractivity (Wildman–Crippen MR) is 98.4 cm³/mol.